The zero-order chi connectivity index (χ0) is 95.4. The van der Waals surface area contributed by atoms with Gasteiger partial charge in [0.25, 0.3) is 0 Å². The quantitative estimate of drug-likeness (QED) is 0.0442. The lowest BCUT2D eigenvalue weighted by Crippen LogP contribution is -2.61. The van der Waals surface area contributed by atoms with E-state index >= 15 is 24.0 Å². The Kier molecular flexibility index (Phi) is 28.5. The molecular formula is C84H94N8O39S. The lowest BCUT2D eigenvalue weighted by Gasteiger charge is -2.42. The SMILES string of the molecule is COC(=O)[C@@H]1NC(=O)[C@H]2NC(=O)[C@H](NC(=O)[C@@H]3NC(=O)[C@H]4NC(=O)[C@H](NC(=O)[C@H](N)c5ccc(O)c(c5)Oc5cc4cc(O)c5C)[C@H](O)c4ccc(cc4)Oc4cc3cc(c4O[C@@H]3O[C@H](CO[C@@H]4O[C@@H](C)[C@H](O)[C@@H](O)[C@H]4O)[C@@H](O)[C@H](O)[C@H]3O)Oc3ccc(cc3)[C@H]2OC2C[C@H](N)[C@@H](O)[C@H](C)O2)c2ccc(O)c(c2)-c2c(OC3O[C@H](CO)[C@@H](O)[C@H](O)[C@@H]3O)cc(O)cc21.O=S(=O)(O)O. The molecule has 28 N–H and O–H groups in total. The molecule has 0 radical (unpaired) electrons. The summed E-state index contributed by atoms with van der Waals surface area (Å²) >= 11 is 0. The third kappa shape index (κ3) is 20.2. The summed E-state index contributed by atoms with van der Waals surface area (Å²) in [6, 6.07) is 5.99. The number of hydrogen-bond acceptors (Lipinski definition) is 39. The molecule has 0 saturated carbocycles. The number of phenolic OH excluding ortho intramolecular Hbond substituents is 4. The lowest BCUT2D eigenvalue weighted by atomic mass is 9.89. The number of ether oxygens (including phenoxy) is 12. The molecule has 0 spiro atoms. The maximum absolute atomic E-state index is 16.9. The van der Waals surface area contributed by atoms with Gasteiger partial charge in [0.1, 0.15) is 156 Å². The van der Waals surface area contributed by atoms with E-state index in [1.54, 1.807) is 0 Å². The number of aromatic hydroxyl groups is 4. The minimum absolute atomic E-state index is 0.0198. The Labute approximate surface area is 746 Å². The fourth-order valence-corrected chi connectivity index (χ4v) is 16.0. The van der Waals surface area contributed by atoms with Crippen LogP contribution in [0.2, 0.25) is 0 Å². The molecule has 47 nitrogen and oxygen atoms in total. The number of fused-ring (bicyclic) bond motifs is 14. The van der Waals surface area contributed by atoms with Gasteiger partial charge in [-0.25, -0.2) is 4.79 Å². The number of nitrogens with two attached hydrogens (primary N) is 2. The van der Waals surface area contributed by atoms with Gasteiger partial charge in [-0.2, -0.15) is 8.42 Å². The number of phenols is 4. The van der Waals surface area contributed by atoms with Crippen LogP contribution < -0.4 is 67.1 Å². The van der Waals surface area contributed by atoms with Gasteiger partial charge in [-0.3, -0.25) is 37.9 Å². The topological polar surface area (TPSA) is 753 Å². The Hall–Kier alpha value is -11.9. The average Bonchev–Trinajstić information content (AvgIpc) is 0.753. The van der Waals surface area contributed by atoms with E-state index in [4.69, 9.17) is 85.8 Å². The summed E-state index contributed by atoms with van der Waals surface area (Å²) in [4.78, 5) is 111. The van der Waals surface area contributed by atoms with Crippen LogP contribution in [0.25, 0.3) is 11.1 Å². The van der Waals surface area contributed by atoms with Crippen LogP contribution in [-0.2, 0) is 77.1 Å². The number of benzene rings is 7. The van der Waals surface area contributed by atoms with Crippen molar-refractivity contribution in [2.45, 2.75) is 198 Å². The van der Waals surface area contributed by atoms with Crippen molar-refractivity contribution < 1.29 is 190 Å². The highest BCUT2D eigenvalue weighted by atomic mass is 32.3. The number of aliphatic hydroxyl groups is 12. The smallest absolute Gasteiger partial charge is 0.394 e. The predicted octanol–water partition coefficient (Wildman–Crippen LogP) is -3.44. The molecule has 6 amide bonds. The largest absolute Gasteiger partial charge is 0.508 e. The molecule has 2 unspecified atom stereocenters. The minimum atomic E-state index is -4.67. The van der Waals surface area contributed by atoms with E-state index < -0.39 is 316 Å². The maximum Gasteiger partial charge on any atom is 0.394 e. The van der Waals surface area contributed by atoms with E-state index in [0.717, 1.165) is 67.8 Å². The van der Waals surface area contributed by atoms with Gasteiger partial charge in [0.05, 0.1) is 38.6 Å². The zero-order valence-electron chi connectivity index (χ0n) is 69.5. The normalized spacial score (nSPS) is 32.5. The first-order chi connectivity index (χ1) is 62.4. The summed E-state index contributed by atoms with van der Waals surface area (Å²) in [5.74, 6) is -16.2. The number of esters is 1. The van der Waals surface area contributed by atoms with Gasteiger partial charge in [-0.05, 0) is 133 Å². The van der Waals surface area contributed by atoms with Gasteiger partial charge in [0.15, 0.2) is 41.6 Å². The van der Waals surface area contributed by atoms with Crippen molar-refractivity contribution in [2.24, 2.45) is 11.5 Å². The van der Waals surface area contributed by atoms with Gasteiger partial charge in [-0.1, -0.05) is 36.4 Å². The molecule has 710 valence electrons. The molecule has 48 heteroatoms. The standard InChI is InChI=1S/C84H92N8O35.H2O4S/c1-28-45(97)18-35-20-46(28)122-47-19-33(9-16-44(47)96)55(86)75(109)91-60-64(100)31-5-11-38(12-6-31)120-49-21-36-22-50(74(49)127-84-72(108)69(105)66(102)52(125-84)27-117-82-70(106)67(103)63(99)30(3)119-82)121-39-13-7-32(8-14-39)73(126-53-25-42(85)62(98)29(2)118-53)61-80(114)90-59(81(115)116-4)41-23-37(94)24-48(123-83-71(107)68(104)65(101)51(26-93)124-83)54(41)40-17-34(10-15-43(40)95)56(76(110)92-61)87-78(112)58(36)88-77(111)57(35)89-79(60)113;1-5(2,3)4/h5-24,29-30,42,51-53,55-73,82-84,93-108H,25-27,85-86H2,1-4H3,(H,87,112)(H,88,111)(H,89,113)(H,90,114)(H,91,109)(H,92,110);(H2,1,2,3,4)/t29-,30-,42-,51+,52+,53?,55+,56+,57-,58+,59+,60+,61-,62-,63-,64+,65+,66+,67+,68-,69-,70+,71-,72+,73+,82+,83?,84-;/m0./s1. The third-order valence-electron chi connectivity index (χ3n) is 23.3. The number of hydrogen-bond donors (Lipinski definition) is 26. The van der Waals surface area contributed by atoms with Gasteiger partial charge in [0.2, 0.25) is 53.8 Å². The van der Waals surface area contributed by atoms with Crippen LogP contribution >= 0.6 is 0 Å². The van der Waals surface area contributed by atoms with Crippen LogP contribution in [0, 0.1) is 6.92 Å². The van der Waals surface area contributed by atoms with Crippen LogP contribution in [0.15, 0.2) is 121 Å². The fraction of sp³-hybridized carbons (Fsp3) is 0.417. The number of amides is 6. The molecule has 17 rings (SSSR count). The molecule has 132 heavy (non-hydrogen) atoms. The van der Waals surface area contributed by atoms with E-state index in [9.17, 15) is 91.3 Å². The molecule has 10 aliphatic rings. The van der Waals surface area contributed by atoms with Crippen molar-refractivity contribution in [3.63, 3.8) is 0 Å². The van der Waals surface area contributed by atoms with E-state index in [0.29, 0.717) is 0 Å². The van der Waals surface area contributed by atoms with E-state index in [2.05, 4.69) is 31.9 Å². The minimum Gasteiger partial charge on any atom is -0.508 e. The van der Waals surface area contributed by atoms with Crippen LogP contribution in [0.3, 0.4) is 0 Å². The molecule has 17 bridgehead atoms. The van der Waals surface area contributed by atoms with Gasteiger partial charge in [-0.15, -0.1) is 0 Å². The summed E-state index contributed by atoms with van der Waals surface area (Å²) in [6.45, 7) is 2.35. The summed E-state index contributed by atoms with van der Waals surface area (Å²) < 4.78 is 106. The molecule has 0 aromatic heterocycles. The molecule has 10 aliphatic heterocycles. The molecule has 4 fully saturated rings. The Morgan fingerprint density at radius 1 is 0.477 bits per heavy atom. The molecule has 4 saturated heterocycles. The zero-order valence-corrected chi connectivity index (χ0v) is 70.3. The number of nitrogens with one attached hydrogen (secondary N) is 6. The molecular weight excluding hydrogens is 1780 g/mol. The van der Waals surface area contributed by atoms with Crippen molar-refractivity contribution in [3.05, 3.63) is 166 Å². The number of carbonyl (C=O) groups excluding carboxylic acids is 7. The first kappa shape index (κ1) is 96.2. The lowest BCUT2D eigenvalue weighted by molar-refractivity contribution is -0.318. The number of methoxy groups -OCH3 is 1. The molecule has 7 aromatic rings. The fourth-order valence-electron chi connectivity index (χ4n) is 16.0. The Balaban J connectivity index is 0.00000273. The highest BCUT2D eigenvalue weighted by molar-refractivity contribution is 7.79. The molecule has 10 heterocycles. The second-order valence-electron chi connectivity index (χ2n) is 32.2. The van der Waals surface area contributed by atoms with Gasteiger partial charge < -0.3 is 182 Å². The second-order valence-corrected chi connectivity index (χ2v) is 33.1. The maximum atomic E-state index is 16.9. The van der Waals surface area contributed by atoms with Gasteiger partial charge >= 0.3 is 16.4 Å². The average molecular weight is 1870 g/mol. The van der Waals surface area contributed by atoms with Crippen molar-refractivity contribution in [1.82, 2.24) is 31.9 Å². The van der Waals surface area contributed by atoms with Crippen LogP contribution in [0.5, 0.6) is 69.0 Å². The monoisotopic (exact) mass is 1870 g/mol. The molecule has 28 atom stereocenters. The van der Waals surface area contributed by atoms with Crippen molar-refractivity contribution >= 4 is 51.8 Å². The molecule has 7 aromatic carbocycles. The summed E-state index contributed by atoms with van der Waals surface area (Å²) in [6.07, 6.45) is -37.1. The Bertz CT molecular complexity index is 5610. The van der Waals surface area contributed by atoms with Crippen molar-refractivity contribution in [3.8, 4) is 80.1 Å². The van der Waals surface area contributed by atoms with Crippen LogP contribution in [0.1, 0.15) is 107 Å². The highest BCUT2D eigenvalue weighted by Gasteiger charge is 2.52. The first-order valence-corrected chi connectivity index (χ1v) is 42.1. The van der Waals surface area contributed by atoms with Crippen molar-refractivity contribution in [2.75, 3.05) is 20.3 Å². The van der Waals surface area contributed by atoms with E-state index in [1.807, 2.05) is 0 Å². The Morgan fingerprint density at radius 2 is 0.977 bits per heavy atom. The summed E-state index contributed by atoms with van der Waals surface area (Å²) in [5, 5.41) is 198. The predicted molar refractivity (Wildman–Crippen MR) is 438 cm³/mol. The second kappa shape index (κ2) is 39.1. The van der Waals surface area contributed by atoms with Crippen LogP contribution in [-0.4, -0.2) is 290 Å². The van der Waals surface area contributed by atoms with Crippen LogP contribution in [0.4, 0.5) is 0 Å². The number of rotatable bonds is 11. The third-order valence-corrected chi connectivity index (χ3v) is 23.3. The summed E-state index contributed by atoms with van der Waals surface area (Å²) in [5.41, 5.74) is 9.79. The Morgan fingerprint density at radius 3 is 1.59 bits per heavy atom. The van der Waals surface area contributed by atoms with E-state index in [-0.39, 0.29) is 51.7 Å². The van der Waals surface area contributed by atoms with Crippen molar-refractivity contribution in [1.29, 1.82) is 0 Å². The van der Waals surface area contributed by atoms with E-state index in [1.165, 1.54) is 81.4 Å². The molecule has 0 aliphatic carbocycles. The number of aliphatic hydroxyl groups excluding tert-OH is 12. The first-order valence-electron chi connectivity index (χ1n) is 40.7. The number of carbonyl (C=O) groups is 7. The summed E-state index contributed by atoms with van der Waals surface area (Å²) in [7, 11) is -3.77. The highest BCUT2D eigenvalue weighted by Crippen LogP contribution is 2.50. The van der Waals surface area contributed by atoms with Gasteiger partial charge in [0, 0.05) is 40.8 Å².